The number of thiocarbonyl (C=S) groups is 1. The lowest BCUT2D eigenvalue weighted by Crippen LogP contribution is -2.42. The van der Waals surface area contributed by atoms with Gasteiger partial charge in [-0.3, -0.25) is 0 Å². The van der Waals surface area contributed by atoms with Crippen molar-refractivity contribution in [3.8, 4) is 11.3 Å². The minimum Gasteiger partial charge on any atom is -0.357 e. The zero-order chi connectivity index (χ0) is 18.9. The first-order valence-corrected chi connectivity index (χ1v) is 11.8. The monoisotopic (exact) mass is 429 g/mol. The van der Waals surface area contributed by atoms with Gasteiger partial charge in [0.25, 0.3) is 0 Å². The van der Waals surface area contributed by atoms with Crippen molar-refractivity contribution >= 4 is 55.2 Å². The van der Waals surface area contributed by atoms with Crippen LogP contribution in [0.1, 0.15) is 25.3 Å². The van der Waals surface area contributed by atoms with E-state index in [1.807, 2.05) is 5.38 Å². The molecule has 2 heterocycles. The van der Waals surface area contributed by atoms with E-state index in [2.05, 4.69) is 53.7 Å². The normalized spacial score (nSPS) is 21.7. The molecular formula is C17H20ClN3O2S3. The Balaban J connectivity index is 1.62. The lowest BCUT2D eigenvalue weighted by molar-refractivity contribution is 0.600. The predicted octanol–water partition coefficient (Wildman–Crippen LogP) is 3.62. The summed E-state index contributed by atoms with van der Waals surface area (Å²) in [6, 6.07) is 7.96. The molecule has 1 aliphatic heterocycles. The molecule has 0 aliphatic carbocycles. The molecule has 1 saturated heterocycles. The van der Waals surface area contributed by atoms with Gasteiger partial charge in [0, 0.05) is 10.9 Å². The van der Waals surface area contributed by atoms with Crippen LogP contribution in [-0.4, -0.2) is 41.4 Å². The van der Waals surface area contributed by atoms with Crippen molar-refractivity contribution in [2.75, 3.05) is 16.8 Å². The minimum atomic E-state index is -3.10. The molecule has 0 amide bonds. The van der Waals surface area contributed by atoms with Crippen molar-refractivity contribution in [2.24, 2.45) is 0 Å². The van der Waals surface area contributed by atoms with Crippen LogP contribution in [0.2, 0.25) is 0 Å². The van der Waals surface area contributed by atoms with Crippen molar-refractivity contribution in [1.29, 1.82) is 0 Å². The second-order valence-corrected chi connectivity index (χ2v) is 10.6. The number of hydrogen-bond donors (Lipinski definition) is 2. The molecule has 1 aromatic carbocycles. The topological polar surface area (TPSA) is 71.1 Å². The summed E-state index contributed by atoms with van der Waals surface area (Å²) in [7, 11) is -3.10. The highest BCUT2D eigenvalue weighted by atomic mass is 35.5. The quantitative estimate of drug-likeness (QED) is 0.571. The molecule has 0 unspecified atom stereocenters. The lowest BCUT2D eigenvalue weighted by Gasteiger charge is -2.16. The molecule has 0 saturated carbocycles. The van der Waals surface area contributed by atoms with Gasteiger partial charge in [-0.25, -0.2) is 13.4 Å². The Morgan fingerprint density at radius 1 is 1.31 bits per heavy atom. The van der Waals surface area contributed by atoms with Gasteiger partial charge in [-0.2, -0.15) is 0 Å². The number of sulfone groups is 1. The molecule has 5 nitrogen and oxygen atoms in total. The lowest BCUT2D eigenvalue weighted by atomic mass is 10.0. The van der Waals surface area contributed by atoms with Gasteiger partial charge in [0.1, 0.15) is 0 Å². The molecule has 1 aliphatic rings. The van der Waals surface area contributed by atoms with Gasteiger partial charge < -0.3 is 10.6 Å². The van der Waals surface area contributed by atoms with Gasteiger partial charge in [-0.15, -0.1) is 22.9 Å². The molecule has 2 N–H and O–H groups in total. The summed E-state index contributed by atoms with van der Waals surface area (Å²) in [6.07, 6.45) is 0. The summed E-state index contributed by atoms with van der Waals surface area (Å²) < 4.78 is 23.2. The molecule has 0 bridgehead atoms. The van der Waals surface area contributed by atoms with Crippen molar-refractivity contribution in [3.63, 3.8) is 0 Å². The SMILES string of the molecule is CC(C)c1ccc(-c2csc(NC(=S)N[C@H]3CS(=O)(=O)C[C@H]3Cl)n2)cc1. The number of anilines is 1. The smallest absolute Gasteiger partial charge is 0.189 e. The maximum absolute atomic E-state index is 11.6. The van der Waals surface area contributed by atoms with Crippen molar-refractivity contribution in [2.45, 2.75) is 31.2 Å². The van der Waals surface area contributed by atoms with E-state index in [4.69, 9.17) is 23.8 Å². The molecule has 140 valence electrons. The summed E-state index contributed by atoms with van der Waals surface area (Å²) in [5.74, 6) is 0.460. The fourth-order valence-electron chi connectivity index (χ4n) is 2.74. The zero-order valence-electron chi connectivity index (χ0n) is 14.4. The summed E-state index contributed by atoms with van der Waals surface area (Å²) in [5, 5.41) is 8.44. The number of nitrogens with zero attached hydrogens (tertiary/aromatic N) is 1. The van der Waals surface area contributed by atoms with E-state index < -0.39 is 15.2 Å². The van der Waals surface area contributed by atoms with Crippen LogP contribution in [-0.2, 0) is 9.84 Å². The third-order valence-electron chi connectivity index (χ3n) is 4.20. The Morgan fingerprint density at radius 3 is 2.58 bits per heavy atom. The highest BCUT2D eigenvalue weighted by molar-refractivity contribution is 7.91. The minimum absolute atomic E-state index is 0.00565. The van der Waals surface area contributed by atoms with Crippen molar-refractivity contribution in [1.82, 2.24) is 10.3 Å². The van der Waals surface area contributed by atoms with E-state index in [0.717, 1.165) is 11.3 Å². The maximum atomic E-state index is 11.6. The summed E-state index contributed by atoms with van der Waals surface area (Å²) in [6.45, 7) is 4.32. The number of hydrogen-bond acceptors (Lipinski definition) is 5. The molecular weight excluding hydrogens is 410 g/mol. The molecule has 0 spiro atoms. The van der Waals surface area contributed by atoms with Crippen LogP contribution in [0.3, 0.4) is 0 Å². The number of benzene rings is 1. The van der Waals surface area contributed by atoms with E-state index in [9.17, 15) is 8.42 Å². The standard InChI is InChI=1S/C17H20ClN3O2S3/c1-10(2)11-3-5-12(6-4-11)14-7-25-17(20-14)21-16(24)19-15-9-26(22,23)8-13(15)18/h3-7,10,13,15H,8-9H2,1-2H3,(H2,19,20,21,24)/t13-,15+/m1/s1. The Kier molecular flexibility index (Phi) is 5.86. The first-order chi connectivity index (χ1) is 12.2. The fourth-order valence-corrected chi connectivity index (χ4v) is 6.33. The second kappa shape index (κ2) is 7.80. The number of alkyl halides is 1. The van der Waals surface area contributed by atoms with Gasteiger partial charge in [0.2, 0.25) is 0 Å². The van der Waals surface area contributed by atoms with E-state index in [1.54, 1.807) is 0 Å². The molecule has 3 rings (SSSR count). The molecule has 2 aromatic rings. The maximum Gasteiger partial charge on any atom is 0.189 e. The Bertz CT molecular complexity index is 894. The van der Waals surface area contributed by atoms with Crippen LogP contribution in [0.4, 0.5) is 5.13 Å². The average molecular weight is 430 g/mol. The average Bonchev–Trinajstić information content (AvgIpc) is 3.11. The highest BCUT2D eigenvalue weighted by Crippen LogP contribution is 2.26. The van der Waals surface area contributed by atoms with E-state index in [1.165, 1.54) is 16.9 Å². The molecule has 26 heavy (non-hydrogen) atoms. The molecule has 1 aromatic heterocycles. The highest BCUT2D eigenvalue weighted by Gasteiger charge is 2.36. The zero-order valence-corrected chi connectivity index (χ0v) is 17.6. The predicted molar refractivity (Wildman–Crippen MR) is 113 cm³/mol. The van der Waals surface area contributed by atoms with Crippen LogP contribution in [0.5, 0.6) is 0 Å². The van der Waals surface area contributed by atoms with Crippen LogP contribution >= 0.6 is 35.2 Å². The van der Waals surface area contributed by atoms with Gasteiger partial charge in [-0.05, 0) is 23.7 Å². The molecule has 2 atom stereocenters. The first-order valence-electron chi connectivity index (χ1n) is 8.21. The van der Waals surface area contributed by atoms with E-state index >= 15 is 0 Å². The van der Waals surface area contributed by atoms with Crippen molar-refractivity contribution < 1.29 is 8.42 Å². The summed E-state index contributed by atoms with van der Waals surface area (Å²) in [5.41, 5.74) is 3.20. The molecule has 1 fully saturated rings. The van der Waals surface area contributed by atoms with Gasteiger partial charge in [0.05, 0.1) is 28.6 Å². The fraction of sp³-hybridized carbons (Fsp3) is 0.412. The molecule has 9 heteroatoms. The third kappa shape index (κ3) is 4.73. The van der Waals surface area contributed by atoms with Gasteiger partial charge >= 0.3 is 0 Å². The third-order valence-corrected chi connectivity index (χ3v) is 7.55. The van der Waals surface area contributed by atoms with Crippen LogP contribution in [0, 0.1) is 0 Å². The van der Waals surface area contributed by atoms with Gasteiger partial charge in [-0.1, -0.05) is 38.1 Å². The number of aromatic nitrogens is 1. The van der Waals surface area contributed by atoms with Crippen LogP contribution < -0.4 is 10.6 Å². The number of thiazole rings is 1. The number of nitrogens with one attached hydrogen (secondary N) is 2. The van der Waals surface area contributed by atoms with Crippen LogP contribution in [0.25, 0.3) is 11.3 Å². The number of halogens is 1. The number of rotatable bonds is 4. The largest absolute Gasteiger partial charge is 0.357 e. The Morgan fingerprint density at radius 2 is 2.00 bits per heavy atom. The summed E-state index contributed by atoms with van der Waals surface area (Å²) in [4.78, 5) is 4.55. The second-order valence-electron chi connectivity index (χ2n) is 6.61. The van der Waals surface area contributed by atoms with E-state index in [-0.39, 0.29) is 17.5 Å². The Labute approximate surface area is 168 Å². The van der Waals surface area contributed by atoms with Crippen LogP contribution in [0.15, 0.2) is 29.6 Å². The van der Waals surface area contributed by atoms with Gasteiger partial charge in [0.15, 0.2) is 20.1 Å². The summed E-state index contributed by atoms with van der Waals surface area (Å²) >= 11 is 12.8. The first kappa shape index (κ1) is 19.5. The molecule has 0 radical (unpaired) electrons. The van der Waals surface area contributed by atoms with E-state index in [0.29, 0.717) is 16.2 Å². The van der Waals surface area contributed by atoms with Crippen molar-refractivity contribution in [3.05, 3.63) is 35.2 Å². The Hall–Kier alpha value is -1.22.